The zero-order valence-corrected chi connectivity index (χ0v) is 11.7. The lowest BCUT2D eigenvalue weighted by Gasteiger charge is -2.09. The molecule has 0 aliphatic carbocycles. The maximum atomic E-state index is 5.59. The van der Waals surface area contributed by atoms with Crippen LogP contribution in [0.5, 0.6) is 0 Å². The van der Waals surface area contributed by atoms with Gasteiger partial charge >= 0.3 is 0 Å². The third kappa shape index (κ3) is 5.88. The number of benzene rings is 1. The maximum absolute atomic E-state index is 5.59. The van der Waals surface area contributed by atoms with Crippen molar-refractivity contribution in [3.8, 4) is 0 Å². The van der Waals surface area contributed by atoms with Crippen molar-refractivity contribution >= 4 is 0 Å². The van der Waals surface area contributed by atoms with Gasteiger partial charge in [0.15, 0.2) is 0 Å². The van der Waals surface area contributed by atoms with Crippen molar-refractivity contribution in [2.24, 2.45) is 5.92 Å². The molecule has 1 aromatic rings. The average molecular weight is 234 g/mol. The zero-order chi connectivity index (χ0) is 12.7. The summed E-state index contributed by atoms with van der Waals surface area (Å²) in [5.74, 6) is 1.26. The van der Waals surface area contributed by atoms with Gasteiger partial charge in [-0.25, -0.2) is 0 Å². The van der Waals surface area contributed by atoms with Gasteiger partial charge in [0.25, 0.3) is 0 Å². The quantitative estimate of drug-likeness (QED) is 0.635. The molecule has 0 saturated carbocycles. The Morgan fingerprint density at radius 3 is 2.53 bits per heavy atom. The maximum Gasteiger partial charge on any atom is 0.0488 e. The fourth-order valence-corrected chi connectivity index (χ4v) is 1.81. The largest absolute Gasteiger partial charge is 0.381 e. The molecular weight excluding hydrogens is 208 g/mol. The lowest BCUT2D eigenvalue weighted by Crippen LogP contribution is -2.04. The summed E-state index contributed by atoms with van der Waals surface area (Å²) < 4.78 is 5.59. The number of aryl methyl sites for hydroxylation is 1. The molecular formula is C16H26O. The Morgan fingerprint density at radius 1 is 1.12 bits per heavy atom. The molecule has 1 nitrogen and oxygen atoms in total. The molecule has 0 aliphatic rings. The summed E-state index contributed by atoms with van der Waals surface area (Å²) in [6.07, 6.45) is 2.24. The first-order chi connectivity index (χ1) is 8.09. The standard InChI is InChI=1S/C16H26O/c1-13(2)12-17-10-6-8-15-7-5-9-16(11-15)14(3)4/h5,7,9,11,13-14H,6,8,10,12H2,1-4H3. The first-order valence-electron chi connectivity index (χ1n) is 6.76. The minimum absolute atomic E-state index is 0.618. The Morgan fingerprint density at radius 2 is 1.88 bits per heavy atom. The molecule has 1 heteroatoms. The van der Waals surface area contributed by atoms with Crippen LogP contribution < -0.4 is 0 Å². The second kappa shape index (κ2) is 7.50. The summed E-state index contributed by atoms with van der Waals surface area (Å²) in [6, 6.07) is 8.92. The van der Waals surface area contributed by atoms with Gasteiger partial charge in [0, 0.05) is 13.2 Å². The lowest BCUT2D eigenvalue weighted by atomic mass is 9.99. The van der Waals surface area contributed by atoms with Gasteiger partial charge in [-0.1, -0.05) is 52.0 Å². The van der Waals surface area contributed by atoms with Gasteiger partial charge in [-0.05, 0) is 35.8 Å². The molecule has 0 bridgehead atoms. The molecule has 0 atom stereocenters. The summed E-state index contributed by atoms with van der Waals surface area (Å²) >= 11 is 0. The predicted molar refractivity (Wildman–Crippen MR) is 74.5 cm³/mol. The number of ether oxygens (including phenoxy) is 1. The van der Waals surface area contributed by atoms with E-state index in [2.05, 4.69) is 52.0 Å². The molecule has 0 saturated heterocycles. The first-order valence-corrected chi connectivity index (χ1v) is 6.76. The molecule has 17 heavy (non-hydrogen) atoms. The van der Waals surface area contributed by atoms with Gasteiger partial charge < -0.3 is 4.74 Å². The van der Waals surface area contributed by atoms with E-state index in [-0.39, 0.29) is 0 Å². The highest BCUT2D eigenvalue weighted by molar-refractivity contribution is 5.25. The van der Waals surface area contributed by atoms with E-state index in [1.165, 1.54) is 11.1 Å². The van der Waals surface area contributed by atoms with Crippen LogP contribution in [0.3, 0.4) is 0 Å². The average Bonchev–Trinajstić information content (AvgIpc) is 2.28. The molecule has 0 radical (unpaired) electrons. The van der Waals surface area contributed by atoms with Crippen molar-refractivity contribution in [3.63, 3.8) is 0 Å². The Balaban J connectivity index is 2.29. The highest BCUT2D eigenvalue weighted by Gasteiger charge is 2.00. The van der Waals surface area contributed by atoms with Gasteiger partial charge in [0.1, 0.15) is 0 Å². The van der Waals surface area contributed by atoms with E-state index in [4.69, 9.17) is 4.74 Å². The summed E-state index contributed by atoms with van der Waals surface area (Å²) in [7, 11) is 0. The molecule has 0 fully saturated rings. The van der Waals surface area contributed by atoms with Crippen molar-refractivity contribution in [2.45, 2.75) is 46.5 Å². The van der Waals surface area contributed by atoms with Gasteiger partial charge in [0.05, 0.1) is 0 Å². The third-order valence-corrected chi connectivity index (χ3v) is 2.82. The molecule has 0 spiro atoms. The van der Waals surface area contributed by atoms with E-state index >= 15 is 0 Å². The fraction of sp³-hybridized carbons (Fsp3) is 0.625. The normalized spacial score (nSPS) is 11.4. The van der Waals surface area contributed by atoms with Crippen LogP contribution in [0.4, 0.5) is 0 Å². The van der Waals surface area contributed by atoms with E-state index in [1.54, 1.807) is 0 Å². The van der Waals surface area contributed by atoms with Crippen molar-refractivity contribution < 1.29 is 4.74 Å². The van der Waals surface area contributed by atoms with Crippen LogP contribution >= 0.6 is 0 Å². The van der Waals surface area contributed by atoms with Crippen LogP contribution in [-0.4, -0.2) is 13.2 Å². The summed E-state index contributed by atoms with van der Waals surface area (Å²) in [6.45, 7) is 10.6. The SMILES string of the molecule is CC(C)COCCCc1cccc(C(C)C)c1. The minimum Gasteiger partial charge on any atom is -0.381 e. The number of rotatable bonds is 7. The van der Waals surface area contributed by atoms with E-state index in [9.17, 15) is 0 Å². The second-order valence-electron chi connectivity index (χ2n) is 5.47. The minimum atomic E-state index is 0.618. The Hall–Kier alpha value is -0.820. The van der Waals surface area contributed by atoms with E-state index in [0.717, 1.165) is 26.1 Å². The zero-order valence-electron chi connectivity index (χ0n) is 11.7. The summed E-state index contributed by atoms with van der Waals surface area (Å²) in [5.41, 5.74) is 2.87. The monoisotopic (exact) mass is 234 g/mol. The first kappa shape index (κ1) is 14.2. The van der Waals surface area contributed by atoms with Gasteiger partial charge in [-0.3, -0.25) is 0 Å². The summed E-state index contributed by atoms with van der Waals surface area (Å²) in [4.78, 5) is 0. The molecule has 1 aromatic carbocycles. The van der Waals surface area contributed by atoms with E-state index < -0.39 is 0 Å². The molecule has 0 unspecified atom stereocenters. The molecule has 0 aromatic heterocycles. The van der Waals surface area contributed by atoms with Crippen LogP contribution in [0.15, 0.2) is 24.3 Å². The van der Waals surface area contributed by atoms with Gasteiger partial charge in [-0.15, -0.1) is 0 Å². The lowest BCUT2D eigenvalue weighted by molar-refractivity contribution is 0.108. The van der Waals surface area contributed by atoms with Crippen molar-refractivity contribution in [1.82, 2.24) is 0 Å². The number of hydrogen-bond donors (Lipinski definition) is 0. The van der Waals surface area contributed by atoms with Crippen molar-refractivity contribution in [2.75, 3.05) is 13.2 Å². The molecule has 0 heterocycles. The van der Waals surface area contributed by atoms with E-state index in [0.29, 0.717) is 11.8 Å². The van der Waals surface area contributed by atoms with Crippen LogP contribution in [-0.2, 0) is 11.2 Å². The third-order valence-electron chi connectivity index (χ3n) is 2.82. The van der Waals surface area contributed by atoms with Crippen LogP contribution in [0.1, 0.15) is 51.2 Å². The topological polar surface area (TPSA) is 9.23 Å². The van der Waals surface area contributed by atoms with Crippen molar-refractivity contribution in [3.05, 3.63) is 35.4 Å². The van der Waals surface area contributed by atoms with Crippen LogP contribution in [0.2, 0.25) is 0 Å². The number of hydrogen-bond acceptors (Lipinski definition) is 1. The molecule has 0 N–H and O–H groups in total. The van der Waals surface area contributed by atoms with Crippen LogP contribution in [0.25, 0.3) is 0 Å². The molecule has 1 rings (SSSR count). The Kier molecular flexibility index (Phi) is 6.28. The Labute approximate surface area is 106 Å². The van der Waals surface area contributed by atoms with Crippen molar-refractivity contribution in [1.29, 1.82) is 0 Å². The van der Waals surface area contributed by atoms with E-state index in [1.807, 2.05) is 0 Å². The highest BCUT2D eigenvalue weighted by Crippen LogP contribution is 2.16. The molecule has 0 amide bonds. The van der Waals surface area contributed by atoms with Gasteiger partial charge in [0.2, 0.25) is 0 Å². The highest BCUT2D eigenvalue weighted by atomic mass is 16.5. The van der Waals surface area contributed by atoms with Crippen LogP contribution in [0, 0.1) is 5.92 Å². The Bertz CT molecular complexity index is 315. The second-order valence-corrected chi connectivity index (χ2v) is 5.47. The molecule has 0 aliphatic heterocycles. The smallest absolute Gasteiger partial charge is 0.0488 e. The fourth-order valence-electron chi connectivity index (χ4n) is 1.81. The predicted octanol–water partition coefficient (Wildman–Crippen LogP) is 4.42. The summed E-state index contributed by atoms with van der Waals surface area (Å²) in [5, 5.41) is 0. The molecule has 96 valence electrons. The van der Waals surface area contributed by atoms with Gasteiger partial charge in [-0.2, -0.15) is 0 Å².